The molecule has 1 amide bonds. The van der Waals surface area contributed by atoms with Crippen molar-refractivity contribution in [2.45, 2.75) is 6.42 Å². The monoisotopic (exact) mass is 341 g/mol. The summed E-state index contributed by atoms with van der Waals surface area (Å²) in [4.78, 5) is 15.0. The minimum Gasteiger partial charge on any atom is -0.307 e. The smallest absolute Gasteiger partial charge is 0.268 e. The molecule has 0 N–H and O–H groups in total. The number of hydrogen-bond acceptors (Lipinski definition) is 2. The summed E-state index contributed by atoms with van der Waals surface area (Å²) in [5, 5.41) is 0.651. The topological polar surface area (TPSA) is 20.3 Å². The van der Waals surface area contributed by atoms with Gasteiger partial charge in [0.2, 0.25) is 0 Å². The van der Waals surface area contributed by atoms with E-state index in [4.69, 9.17) is 11.6 Å². The van der Waals surface area contributed by atoms with Crippen LogP contribution in [0.3, 0.4) is 0 Å². The summed E-state index contributed by atoms with van der Waals surface area (Å²) in [6.07, 6.45) is 0.885. The molecular weight excluding hydrogens is 334 g/mol. The summed E-state index contributed by atoms with van der Waals surface area (Å²) >= 11 is 10.9. The van der Waals surface area contributed by atoms with E-state index in [1.165, 1.54) is 11.3 Å². The maximum atomic E-state index is 12.4. The Balaban J connectivity index is 2.00. The Morgan fingerprint density at radius 1 is 1.33 bits per heavy atom. The normalized spacial score (nSPS) is 14.8. The van der Waals surface area contributed by atoms with Gasteiger partial charge in [-0.05, 0) is 52.2 Å². The first-order chi connectivity index (χ1) is 8.65. The molecule has 0 fully saturated rings. The number of fused-ring (bicyclic) bond motifs is 1. The third-order valence-corrected chi connectivity index (χ3v) is 4.85. The molecule has 2 heterocycles. The Hall–Kier alpha value is -0.840. The average Bonchev–Trinajstić information content (AvgIpc) is 2.71. The van der Waals surface area contributed by atoms with Gasteiger partial charge < -0.3 is 4.90 Å². The number of amides is 1. The lowest BCUT2D eigenvalue weighted by Gasteiger charge is -2.26. The Labute approximate surface area is 122 Å². The molecule has 1 aromatic carbocycles. The highest BCUT2D eigenvalue weighted by molar-refractivity contribution is 9.11. The number of benzene rings is 1. The Morgan fingerprint density at radius 3 is 2.94 bits per heavy atom. The summed E-state index contributed by atoms with van der Waals surface area (Å²) < 4.78 is 1.01. The third kappa shape index (κ3) is 2.09. The Morgan fingerprint density at radius 2 is 2.17 bits per heavy atom. The van der Waals surface area contributed by atoms with E-state index in [0.717, 1.165) is 26.3 Å². The molecular formula is C13H9BrClNOS. The van der Waals surface area contributed by atoms with Crippen molar-refractivity contribution in [3.8, 4) is 0 Å². The molecule has 0 atom stereocenters. The van der Waals surface area contributed by atoms with E-state index >= 15 is 0 Å². The molecule has 0 saturated carbocycles. The van der Waals surface area contributed by atoms with Crippen LogP contribution in [0.25, 0.3) is 0 Å². The van der Waals surface area contributed by atoms with Crippen LogP contribution in [0.4, 0.5) is 5.69 Å². The highest BCUT2D eigenvalue weighted by Gasteiger charge is 2.27. The Bertz CT molecular complexity index is 625. The van der Waals surface area contributed by atoms with Crippen LogP contribution in [0.15, 0.2) is 34.1 Å². The van der Waals surface area contributed by atoms with E-state index in [1.54, 1.807) is 4.90 Å². The maximum Gasteiger partial charge on any atom is 0.268 e. The van der Waals surface area contributed by atoms with Gasteiger partial charge in [-0.15, -0.1) is 11.3 Å². The van der Waals surface area contributed by atoms with Crippen molar-refractivity contribution < 1.29 is 4.79 Å². The minimum atomic E-state index is 0.0641. The first-order valence-corrected chi connectivity index (χ1v) is 7.49. The number of halogens is 2. The summed E-state index contributed by atoms with van der Waals surface area (Å²) in [7, 11) is 0. The highest BCUT2D eigenvalue weighted by atomic mass is 79.9. The fourth-order valence-corrected chi connectivity index (χ4v) is 3.94. The zero-order valence-corrected chi connectivity index (χ0v) is 12.5. The van der Waals surface area contributed by atoms with Gasteiger partial charge in [0.05, 0.1) is 8.66 Å². The third-order valence-electron chi connectivity index (χ3n) is 2.94. The van der Waals surface area contributed by atoms with Crippen LogP contribution in [-0.4, -0.2) is 12.5 Å². The molecule has 92 valence electrons. The predicted molar refractivity (Wildman–Crippen MR) is 78.9 cm³/mol. The predicted octanol–water partition coefficient (Wildman–Crippen LogP) is 4.37. The van der Waals surface area contributed by atoms with Crippen LogP contribution in [0.5, 0.6) is 0 Å². The van der Waals surface area contributed by atoms with Gasteiger partial charge in [-0.3, -0.25) is 4.79 Å². The zero-order valence-electron chi connectivity index (χ0n) is 9.32. The van der Waals surface area contributed by atoms with Gasteiger partial charge in [0, 0.05) is 17.3 Å². The zero-order chi connectivity index (χ0) is 12.7. The van der Waals surface area contributed by atoms with E-state index in [-0.39, 0.29) is 5.91 Å². The first kappa shape index (κ1) is 12.2. The van der Waals surface area contributed by atoms with Crippen LogP contribution in [0.2, 0.25) is 5.02 Å². The van der Waals surface area contributed by atoms with Crippen molar-refractivity contribution in [2.75, 3.05) is 11.4 Å². The van der Waals surface area contributed by atoms with E-state index in [0.29, 0.717) is 11.6 Å². The number of rotatable bonds is 1. The van der Waals surface area contributed by atoms with Crippen LogP contribution in [0, 0.1) is 0 Å². The second-order valence-corrected chi connectivity index (χ2v) is 6.96. The summed E-state index contributed by atoms with van der Waals surface area (Å²) in [6, 6.07) is 9.45. The SMILES string of the molecule is O=C1c2sc(Br)cc2CCN1c1cccc(Cl)c1. The lowest BCUT2D eigenvalue weighted by Crippen LogP contribution is -2.36. The fraction of sp³-hybridized carbons (Fsp3) is 0.154. The molecule has 1 aromatic heterocycles. The van der Waals surface area contributed by atoms with Crippen LogP contribution >= 0.6 is 38.9 Å². The Kier molecular flexibility index (Phi) is 3.18. The molecule has 1 aliphatic rings. The fourth-order valence-electron chi connectivity index (χ4n) is 2.11. The number of nitrogens with zero attached hydrogens (tertiary/aromatic N) is 1. The molecule has 0 bridgehead atoms. The molecule has 18 heavy (non-hydrogen) atoms. The van der Waals surface area contributed by atoms with Gasteiger partial charge in [-0.1, -0.05) is 17.7 Å². The number of carbonyl (C=O) groups excluding carboxylic acids is 1. The second kappa shape index (κ2) is 4.68. The highest BCUT2D eigenvalue weighted by Crippen LogP contribution is 2.33. The maximum absolute atomic E-state index is 12.4. The van der Waals surface area contributed by atoms with Crippen LogP contribution in [0.1, 0.15) is 15.2 Å². The van der Waals surface area contributed by atoms with Crippen molar-refractivity contribution in [1.29, 1.82) is 0 Å². The van der Waals surface area contributed by atoms with Crippen molar-refractivity contribution in [3.05, 3.63) is 49.6 Å². The molecule has 0 unspecified atom stereocenters. The standard InChI is InChI=1S/C13H9BrClNOS/c14-11-6-8-4-5-16(13(17)12(8)18-11)10-3-1-2-9(15)7-10/h1-3,6-7H,4-5H2. The van der Waals surface area contributed by atoms with E-state index in [2.05, 4.69) is 15.9 Å². The second-order valence-electron chi connectivity index (χ2n) is 4.09. The number of carbonyl (C=O) groups is 1. The van der Waals surface area contributed by atoms with Crippen LogP contribution in [-0.2, 0) is 6.42 Å². The minimum absolute atomic E-state index is 0.0641. The molecule has 0 spiro atoms. The van der Waals surface area contributed by atoms with Crippen molar-refractivity contribution in [3.63, 3.8) is 0 Å². The molecule has 3 rings (SSSR count). The number of thiophene rings is 1. The number of anilines is 1. The van der Waals surface area contributed by atoms with Gasteiger partial charge in [-0.25, -0.2) is 0 Å². The average molecular weight is 343 g/mol. The molecule has 1 aliphatic heterocycles. The lowest BCUT2D eigenvalue weighted by atomic mass is 10.1. The molecule has 0 saturated heterocycles. The number of hydrogen-bond donors (Lipinski definition) is 0. The largest absolute Gasteiger partial charge is 0.307 e. The molecule has 2 aromatic rings. The summed E-state index contributed by atoms with van der Waals surface area (Å²) in [5.74, 6) is 0.0641. The van der Waals surface area contributed by atoms with Gasteiger partial charge in [0.1, 0.15) is 0 Å². The molecule has 0 radical (unpaired) electrons. The lowest BCUT2D eigenvalue weighted by molar-refractivity contribution is 0.0985. The quantitative estimate of drug-likeness (QED) is 0.753. The van der Waals surface area contributed by atoms with Crippen molar-refractivity contribution in [1.82, 2.24) is 0 Å². The van der Waals surface area contributed by atoms with E-state index < -0.39 is 0 Å². The molecule has 5 heteroatoms. The summed E-state index contributed by atoms with van der Waals surface area (Å²) in [6.45, 7) is 0.704. The first-order valence-electron chi connectivity index (χ1n) is 5.51. The summed E-state index contributed by atoms with van der Waals surface area (Å²) in [5.41, 5.74) is 2.00. The molecule has 2 nitrogen and oxygen atoms in total. The van der Waals surface area contributed by atoms with Crippen LogP contribution < -0.4 is 4.90 Å². The van der Waals surface area contributed by atoms with E-state index in [9.17, 15) is 4.79 Å². The van der Waals surface area contributed by atoms with E-state index in [1.807, 2.05) is 30.3 Å². The van der Waals surface area contributed by atoms with Gasteiger partial charge >= 0.3 is 0 Å². The van der Waals surface area contributed by atoms with Gasteiger partial charge in [0.25, 0.3) is 5.91 Å². The van der Waals surface area contributed by atoms with Gasteiger partial charge in [0.15, 0.2) is 0 Å². The van der Waals surface area contributed by atoms with Gasteiger partial charge in [-0.2, -0.15) is 0 Å². The molecule has 0 aliphatic carbocycles. The van der Waals surface area contributed by atoms with Crippen molar-refractivity contribution >= 4 is 50.5 Å². The van der Waals surface area contributed by atoms with Crippen molar-refractivity contribution in [2.24, 2.45) is 0 Å².